The molecule has 144 valence electrons. The summed E-state index contributed by atoms with van der Waals surface area (Å²) in [5, 5.41) is 0. The van der Waals surface area contributed by atoms with Crippen molar-refractivity contribution in [3.05, 3.63) is 35.4 Å². The van der Waals surface area contributed by atoms with Gasteiger partial charge in [0.25, 0.3) is 0 Å². The molecule has 2 rings (SSSR count). The maximum atomic E-state index is 13.9. The Balaban J connectivity index is 2.02. The molecule has 2 nitrogen and oxygen atoms in total. The highest BCUT2D eigenvalue weighted by Gasteiger charge is 2.28. The molecule has 0 bridgehead atoms. The Labute approximate surface area is 149 Å². The summed E-state index contributed by atoms with van der Waals surface area (Å²) >= 11 is 0. The molecule has 0 radical (unpaired) electrons. The Bertz CT molecular complexity index is 635. The number of alkyl halides is 3. The third-order valence-corrected chi connectivity index (χ3v) is 4.59. The molecule has 1 aromatic carbocycles. The number of hydrogen-bond acceptors (Lipinski definition) is 2. The average molecular weight is 376 g/mol. The summed E-state index contributed by atoms with van der Waals surface area (Å²) in [5.41, 5.74) is -0.831. The van der Waals surface area contributed by atoms with E-state index in [0.29, 0.717) is 24.8 Å². The van der Waals surface area contributed by atoms with Crippen LogP contribution in [0.3, 0.4) is 0 Å². The summed E-state index contributed by atoms with van der Waals surface area (Å²) < 4.78 is 69.2. The maximum Gasteiger partial charge on any atom is 0.409 e. The van der Waals surface area contributed by atoms with Crippen molar-refractivity contribution in [1.82, 2.24) is 0 Å². The van der Waals surface area contributed by atoms with Crippen LogP contribution < -0.4 is 4.74 Å². The van der Waals surface area contributed by atoms with E-state index in [-0.39, 0.29) is 17.7 Å². The second-order valence-corrected chi connectivity index (χ2v) is 6.60. The number of halogens is 5. The van der Waals surface area contributed by atoms with Gasteiger partial charge in [-0.1, -0.05) is 19.8 Å². The van der Waals surface area contributed by atoms with Crippen LogP contribution in [0.5, 0.6) is 5.75 Å². The van der Waals surface area contributed by atoms with Crippen LogP contribution in [0, 0.1) is 23.5 Å². The van der Waals surface area contributed by atoms with E-state index in [4.69, 9.17) is 4.74 Å². The monoisotopic (exact) mass is 376 g/mol. The standard InChI is InChI=1S/C19H21F5O2/c1-2-3-12-4-6-13(7-5-12)18(25)26-14-10-16(20)15(17(21)11-14)8-9-19(22,23)24/h8-13H,2-7H2,1H3/b9-8+. The number of benzene rings is 1. The van der Waals surface area contributed by atoms with Crippen LogP contribution in [0.25, 0.3) is 6.08 Å². The van der Waals surface area contributed by atoms with Crippen molar-refractivity contribution in [2.45, 2.75) is 51.6 Å². The molecule has 26 heavy (non-hydrogen) atoms. The summed E-state index contributed by atoms with van der Waals surface area (Å²) in [6, 6.07) is 1.44. The first-order valence-corrected chi connectivity index (χ1v) is 8.66. The molecule has 0 unspecified atom stereocenters. The van der Waals surface area contributed by atoms with Crippen LogP contribution in [0.15, 0.2) is 18.2 Å². The summed E-state index contributed by atoms with van der Waals surface area (Å²) in [5.74, 6) is -3.07. The van der Waals surface area contributed by atoms with E-state index < -0.39 is 29.3 Å². The van der Waals surface area contributed by atoms with E-state index in [2.05, 4.69) is 6.92 Å². The van der Waals surface area contributed by atoms with Gasteiger partial charge >= 0.3 is 12.1 Å². The van der Waals surface area contributed by atoms with Crippen LogP contribution >= 0.6 is 0 Å². The Hall–Kier alpha value is -1.92. The van der Waals surface area contributed by atoms with E-state index in [9.17, 15) is 26.7 Å². The Morgan fingerprint density at radius 3 is 2.23 bits per heavy atom. The molecule has 0 N–H and O–H groups in total. The number of carbonyl (C=O) groups excluding carboxylic acids is 1. The zero-order valence-corrected chi connectivity index (χ0v) is 14.4. The first-order valence-electron chi connectivity index (χ1n) is 8.66. The number of allylic oxidation sites excluding steroid dienone is 1. The van der Waals surface area contributed by atoms with Crippen LogP contribution in [-0.2, 0) is 4.79 Å². The molecule has 1 aliphatic rings. The van der Waals surface area contributed by atoms with Gasteiger partial charge in [0.2, 0.25) is 0 Å². The minimum atomic E-state index is -4.68. The van der Waals surface area contributed by atoms with Crippen molar-refractivity contribution in [3.8, 4) is 5.75 Å². The van der Waals surface area contributed by atoms with Crippen molar-refractivity contribution >= 4 is 12.0 Å². The van der Waals surface area contributed by atoms with E-state index >= 15 is 0 Å². The summed E-state index contributed by atoms with van der Waals surface area (Å²) in [6.45, 7) is 2.11. The number of rotatable bonds is 5. The van der Waals surface area contributed by atoms with E-state index in [1.54, 1.807) is 0 Å². The zero-order chi connectivity index (χ0) is 19.3. The lowest BCUT2D eigenvalue weighted by Gasteiger charge is -2.26. The smallest absolute Gasteiger partial charge is 0.409 e. The van der Waals surface area contributed by atoms with Gasteiger partial charge in [0.05, 0.1) is 5.92 Å². The van der Waals surface area contributed by atoms with Gasteiger partial charge in [-0.25, -0.2) is 8.78 Å². The SMILES string of the molecule is CCCC1CCC(C(=O)Oc2cc(F)c(/C=C/C(F)(F)F)c(F)c2)CC1. The fraction of sp³-hybridized carbons (Fsp3) is 0.526. The topological polar surface area (TPSA) is 26.3 Å². The minimum Gasteiger partial charge on any atom is -0.426 e. The van der Waals surface area contributed by atoms with Crippen molar-refractivity contribution in [3.63, 3.8) is 0 Å². The highest BCUT2D eigenvalue weighted by Crippen LogP contribution is 2.33. The van der Waals surface area contributed by atoms with Crippen LogP contribution in [-0.4, -0.2) is 12.1 Å². The van der Waals surface area contributed by atoms with Crippen molar-refractivity contribution in [1.29, 1.82) is 0 Å². The van der Waals surface area contributed by atoms with Gasteiger partial charge in [-0.05, 0) is 37.7 Å². The molecule has 0 spiro atoms. The van der Waals surface area contributed by atoms with E-state index in [1.807, 2.05) is 0 Å². The maximum absolute atomic E-state index is 13.9. The van der Waals surface area contributed by atoms with Gasteiger partial charge in [0.15, 0.2) is 0 Å². The van der Waals surface area contributed by atoms with Crippen molar-refractivity contribution in [2.24, 2.45) is 11.8 Å². The molecule has 1 saturated carbocycles. The third-order valence-electron chi connectivity index (χ3n) is 4.59. The molecular weight excluding hydrogens is 355 g/mol. The average Bonchev–Trinajstić information content (AvgIpc) is 2.54. The van der Waals surface area contributed by atoms with E-state index in [0.717, 1.165) is 37.8 Å². The predicted octanol–water partition coefficient (Wildman–Crippen LogP) is 6.05. The fourth-order valence-electron chi connectivity index (χ4n) is 3.25. The van der Waals surface area contributed by atoms with E-state index in [1.165, 1.54) is 0 Å². The normalized spacial score (nSPS) is 21.2. The lowest BCUT2D eigenvalue weighted by molar-refractivity contribution is -0.140. The molecule has 1 aromatic rings. The highest BCUT2D eigenvalue weighted by atomic mass is 19.4. The first-order chi connectivity index (χ1) is 12.2. The number of esters is 1. The molecule has 0 atom stereocenters. The van der Waals surface area contributed by atoms with Gasteiger partial charge in [0.1, 0.15) is 17.4 Å². The molecule has 0 saturated heterocycles. The van der Waals surface area contributed by atoms with Crippen LogP contribution in [0.2, 0.25) is 0 Å². The summed E-state index contributed by atoms with van der Waals surface area (Å²) in [6.07, 6.45) is 0.746. The number of ether oxygens (including phenoxy) is 1. The second-order valence-electron chi connectivity index (χ2n) is 6.60. The molecular formula is C19H21F5O2. The molecule has 0 heterocycles. The second kappa shape index (κ2) is 8.64. The van der Waals surface area contributed by atoms with Crippen molar-refractivity contribution < 1.29 is 31.5 Å². The molecule has 1 aliphatic carbocycles. The Morgan fingerprint density at radius 1 is 1.15 bits per heavy atom. The number of hydrogen-bond donors (Lipinski definition) is 0. The van der Waals surface area contributed by atoms with Crippen molar-refractivity contribution in [2.75, 3.05) is 0 Å². The lowest BCUT2D eigenvalue weighted by Crippen LogP contribution is -2.25. The van der Waals surface area contributed by atoms with Gasteiger partial charge in [-0.2, -0.15) is 13.2 Å². The van der Waals surface area contributed by atoms with Gasteiger partial charge in [-0.15, -0.1) is 0 Å². The molecule has 0 amide bonds. The Morgan fingerprint density at radius 2 is 1.73 bits per heavy atom. The molecule has 1 fully saturated rings. The lowest BCUT2D eigenvalue weighted by atomic mass is 9.80. The first kappa shape index (κ1) is 20.4. The van der Waals surface area contributed by atoms with Gasteiger partial charge in [-0.3, -0.25) is 4.79 Å². The Kier molecular flexibility index (Phi) is 6.78. The largest absolute Gasteiger partial charge is 0.426 e. The highest BCUT2D eigenvalue weighted by molar-refractivity contribution is 5.75. The van der Waals surface area contributed by atoms with Gasteiger partial charge in [0, 0.05) is 23.8 Å². The fourth-order valence-corrected chi connectivity index (χ4v) is 3.25. The zero-order valence-electron chi connectivity index (χ0n) is 14.4. The number of carbonyl (C=O) groups is 1. The predicted molar refractivity (Wildman–Crippen MR) is 87.4 cm³/mol. The van der Waals surface area contributed by atoms with Crippen LogP contribution in [0.1, 0.15) is 51.0 Å². The summed E-state index contributed by atoms with van der Waals surface area (Å²) in [4.78, 5) is 12.2. The van der Waals surface area contributed by atoms with Gasteiger partial charge < -0.3 is 4.74 Å². The third kappa shape index (κ3) is 5.81. The van der Waals surface area contributed by atoms with Crippen LogP contribution in [0.4, 0.5) is 22.0 Å². The molecule has 0 aliphatic heterocycles. The quantitative estimate of drug-likeness (QED) is 0.355. The molecule has 0 aromatic heterocycles. The summed E-state index contributed by atoms with van der Waals surface area (Å²) in [7, 11) is 0. The molecule has 7 heteroatoms. The minimum absolute atomic E-state index is 0.255.